The zero-order valence-electron chi connectivity index (χ0n) is 36.9. The molecule has 2 heteroatoms. The lowest BCUT2D eigenvalue weighted by Gasteiger charge is -2.40. The predicted octanol–water partition coefficient (Wildman–Crippen LogP) is 16.5. The van der Waals surface area contributed by atoms with Crippen LogP contribution in [0.15, 0.2) is 200 Å². The second kappa shape index (κ2) is 12.7. The van der Waals surface area contributed by atoms with Crippen LogP contribution in [0.5, 0.6) is 11.5 Å². The number of rotatable bonds is 3. The van der Waals surface area contributed by atoms with Gasteiger partial charge >= 0.3 is 0 Å². The average Bonchev–Trinajstić information content (AvgIpc) is 3.86. The molecule has 0 fully saturated rings. The van der Waals surface area contributed by atoms with E-state index >= 15 is 0 Å². The average molecular weight is 832 g/mol. The van der Waals surface area contributed by atoms with Crippen LogP contribution in [0, 0.1) is 0 Å². The maximum atomic E-state index is 7.24. The normalized spacial score (nSPS) is 15.6. The molecule has 0 bridgehead atoms. The molecule has 3 aliphatic carbocycles. The van der Waals surface area contributed by atoms with Gasteiger partial charge in [0.25, 0.3) is 0 Å². The van der Waals surface area contributed by atoms with Crippen LogP contribution in [-0.4, -0.2) is 0 Å². The molecule has 1 heterocycles. The number of benzene rings is 10. The minimum atomic E-state index is -0.612. The van der Waals surface area contributed by atoms with Crippen LogP contribution in [0.1, 0.15) is 72.2 Å². The Morgan fingerprint density at radius 1 is 0.308 bits per heavy atom. The largest absolute Gasteiger partial charge is 0.455 e. The Morgan fingerprint density at radius 3 is 1.23 bits per heavy atom. The smallest absolute Gasteiger partial charge is 0.140 e. The fourth-order valence-electron chi connectivity index (χ4n) is 12.6. The van der Waals surface area contributed by atoms with Crippen molar-refractivity contribution in [1.29, 1.82) is 0 Å². The summed E-state index contributed by atoms with van der Waals surface area (Å²) in [5, 5.41) is 4.59. The van der Waals surface area contributed by atoms with Crippen LogP contribution in [0.25, 0.3) is 54.9 Å². The van der Waals surface area contributed by atoms with Crippen LogP contribution < -0.4 is 9.64 Å². The van der Waals surface area contributed by atoms with Crippen LogP contribution in [0.3, 0.4) is 0 Å². The molecule has 0 saturated heterocycles. The zero-order chi connectivity index (χ0) is 43.4. The number of fused-ring (bicyclic) bond motifs is 19. The third-order valence-corrected chi connectivity index (χ3v) is 15.7. The molecule has 308 valence electrons. The van der Waals surface area contributed by atoms with E-state index < -0.39 is 5.41 Å². The molecule has 14 rings (SSSR count). The fourth-order valence-corrected chi connectivity index (χ4v) is 12.6. The summed E-state index contributed by atoms with van der Waals surface area (Å²) in [7, 11) is 0. The molecule has 4 aliphatic rings. The van der Waals surface area contributed by atoms with Gasteiger partial charge in [-0.25, -0.2) is 0 Å². The molecular weight excluding hydrogens is 787 g/mol. The van der Waals surface area contributed by atoms with E-state index in [9.17, 15) is 0 Å². The van der Waals surface area contributed by atoms with Gasteiger partial charge in [0, 0.05) is 49.8 Å². The van der Waals surface area contributed by atoms with Crippen LogP contribution in [-0.2, 0) is 16.2 Å². The second-order valence-electron chi connectivity index (χ2n) is 19.6. The van der Waals surface area contributed by atoms with Crippen molar-refractivity contribution in [2.75, 3.05) is 4.90 Å². The van der Waals surface area contributed by atoms with Gasteiger partial charge in [-0.05, 0) is 114 Å². The van der Waals surface area contributed by atoms with E-state index in [4.69, 9.17) is 4.74 Å². The summed E-state index contributed by atoms with van der Waals surface area (Å²) in [6, 6.07) is 75.1. The third kappa shape index (κ3) is 4.69. The van der Waals surface area contributed by atoms with E-state index in [-0.39, 0.29) is 10.8 Å². The summed E-state index contributed by atoms with van der Waals surface area (Å²) in [4.78, 5) is 2.51. The van der Waals surface area contributed by atoms with Crippen molar-refractivity contribution in [1.82, 2.24) is 0 Å². The molecule has 10 aromatic rings. The lowest BCUT2D eigenvalue weighted by molar-refractivity contribution is 0.447. The first-order valence-corrected chi connectivity index (χ1v) is 23.0. The van der Waals surface area contributed by atoms with Crippen LogP contribution in [0.4, 0.5) is 17.1 Å². The van der Waals surface area contributed by atoms with Crippen molar-refractivity contribution in [2.24, 2.45) is 0 Å². The molecule has 0 radical (unpaired) electrons. The lowest BCUT2D eigenvalue weighted by atomic mass is 9.65. The highest BCUT2D eigenvalue weighted by Crippen LogP contribution is 2.65. The number of anilines is 3. The van der Waals surface area contributed by atoms with Crippen molar-refractivity contribution in [3.8, 4) is 44.9 Å². The summed E-state index contributed by atoms with van der Waals surface area (Å²) in [6.45, 7) is 9.51. The second-order valence-corrected chi connectivity index (χ2v) is 19.6. The molecule has 0 N–H and O–H groups in total. The molecule has 1 spiro atoms. The number of hydrogen-bond donors (Lipinski definition) is 0. The number of nitrogens with zero attached hydrogens (tertiary/aromatic N) is 1. The van der Waals surface area contributed by atoms with Gasteiger partial charge in [0.1, 0.15) is 11.5 Å². The van der Waals surface area contributed by atoms with Crippen molar-refractivity contribution in [2.45, 2.75) is 43.9 Å². The summed E-state index contributed by atoms with van der Waals surface area (Å²) in [5.74, 6) is 1.87. The van der Waals surface area contributed by atoms with E-state index in [0.29, 0.717) is 0 Å². The van der Waals surface area contributed by atoms with Gasteiger partial charge in [0.2, 0.25) is 0 Å². The van der Waals surface area contributed by atoms with Gasteiger partial charge in [-0.2, -0.15) is 0 Å². The molecule has 0 saturated carbocycles. The lowest BCUT2D eigenvalue weighted by Crippen LogP contribution is -2.32. The topological polar surface area (TPSA) is 12.5 Å². The Kier molecular flexibility index (Phi) is 7.21. The first-order valence-electron chi connectivity index (χ1n) is 23.0. The third-order valence-electron chi connectivity index (χ3n) is 15.7. The van der Waals surface area contributed by atoms with Crippen LogP contribution in [0.2, 0.25) is 0 Å². The van der Waals surface area contributed by atoms with E-state index in [1.165, 1.54) is 88.7 Å². The Hall–Kier alpha value is -7.68. The first-order chi connectivity index (χ1) is 31.7. The van der Waals surface area contributed by atoms with Crippen molar-refractivity contribution in [3.63, 3.8) is 0 Å². The number of ether oxygens (including phenoxy) is 1. The molecular formula is C63H45NO. The standard InChI is InChI=1S/C63H45NO/c1-61(2)51-22-12-9-19-45(51)48-30-27-41(36-57(48)61)64(42-28-31-49-46-20-10-13-23-52(46)62(3,4)58(49)37-42)40-29-34-54-50(35-40)47-21-11-14-24-53(47)63(54)55-32-25-38-15-5-7-17-43(38)59(55)65-60-44-18-8-6-16-39(44)26-33-56(60)63/h5-37H,1-4H3. The quantitative estimate of drug-likeness (QED) is 0.176. The van der Waals surface area contributed by atoms with Gasteiger partial charge < -0.3 is 9.64 Å². The predicted molar refractivity (Wildman–Crippen MR) is 269 cm³/mol. The summed E-state index contributed by atoms with van der Waals surface area (Å²) >= 11 is 0. The van der Waals surface area contributed by atoms with Crippen molar-refractivity contribution >= 4 is 38.6 Å². The van der Waals surface area contributed by atoms with Crippen molar-refractivity contribution in [3.05, 3.63) is 245 Å². The Morgan fingerprint density at radius 2 is 0.692 bits per heavy atom. The Labute approximate surface area is 380 Å². The van der Waals surface area contributed by atoms with Gasteiger partial charge in [-0.3, -0.25) is 0 Å². The van der Waals surface area contributed by atoms with Gasteiger partial charge in [-0.1, -0.05) is 191 Å². The molecule has 0 atom stereocenters. The monoisotopic (exact) mass is 831 g/mol. The molecule has 0 aromatic heterocycles. The van der Waals surface area contributed by atoms with Gasteiger partial charge in [0.15, 0.2) is 0 Å². The zero-order valence-corrected chi connectivity index (χ0v) is 36.9. The maximum absolute atomic E-state index is 7.24. The van der Waals surface area contributed by atoms with E-state index in [1.807, 2.05) is 0 Å². The molecule has 0 unspecified atom stereocenters. The summed E-state index contributed by atoms with van der Waals surface area (Å²) in [6.07, 6.45) is 0. The minimum Gasteiger partial charge on any atom is -0.455 e. The Balaban J connectivity index is 1.03. The van der Waals surface area contributed by atoms with Gasteiger partial charge in [-0.15, -0.1) is 0 Å². The minimum absolute atomic E-state index is 0.142. The molecule has 1 aliphatic heterocycles. The molecule has 2 nitrogen and oxygen atoms in total. The summed E-state index contributed by atoms with van der Waals surface area (Å²) < 4.78 is 7.24. The Bertz CT molecular complexity index is 3530. The first kappa shape index (κ1) is 36.8. The van der Waals surface area contributed by atoms with Crippen molar-refractivity contribution < 1.29 is 4.74 Å². The summed E-state index contributed by atoms with van der Waals surface area (Å²) in [5.41, 5.74) is 20.7. The highest BCUT2D eigenvalue weighted by molar-refractivity contribution is 6.01. The number of hydrogen-bond acceptors (Lipinski definition) is 2. The molecule has 10 aromatic carbocycles. The highest BCUT2D eigenvalue weighted by atomic mass is 16.5. The van der Waals surface area contributed by atoms with E-state index in [1.54, 1.807) is 0 Å². The fraction of sp³-hybridized carbons (Fsp3) is 0.111. The highest BCUT2D eigenvalue weighted by Gasteiger charge is 2.52. The van der Waals surface area contributed by atoms with E-state index in [0.717, 1.165) is 39.3 Å². The van der Waals surface area contributed by atoms with Crippen LogP contribution >= 0.6 is 0 Å². The SMILES string of the molecule is CC1(C)c2ccccc2-c2ccc(N(c3ccc4c(c3)-c3ccccc3C43c4ccc5ccccc5c4Oc4c3ccc3ccccc43)c3ccc4c(c3)C(C)(C)c3ccccc3-4)cc21. The molecule has 65 heavy (non-hydrogen) atoms. The molecule has 0 amide bonds. The van der Waals surface area contributed by atoms with Gasteiger partial charge in [0.05, 0.1) is 5.41 Å². The van der Waals surface area contributed by atoms with E-state index in [2.05, 4.69) is 233 Å². The maximum Gasteiger partial charge on any atom is 0.140 e.